The summed E-state index contributed by atoms with van der Waals surface area (Å²) >= 11 is 1.40. The van der Waals surface area contributed by atoms with Crippen LogP contribution in [0.2, 0.25) is 0 Å². The molecule has 1 aromatic heterocycles. The van der Waals surface area contributed by atoms with Crippen LogP contribution in [0.3, 0.4) is 0 Å². The summed E-state index contributed by atoms with van der Waals surface area (Å²) in [5, 5.41) is 6.54. The van der Waals surface area contributed by atoms with Crippen molar-refractivity contribution in [2.24, 2.45) is 0 Å². The number of aromatic nitrogens is 1. The number of hydrogen-bond donors (Lipinski definition) is 2. The molecule has 0 unspecified atom stereocenters. The first-order valence-corrected chi connectivity index (χ1v) is 6.39. The Morgan fingerprint density at radius 2 is 2.29 bits per heavy atom. The summed E-state index contributed by atoms with van der Waals surface area (Å²) in [5.41, 5.74) is 1.16. The number of nitrogens with zero attached hydrogens (tertiary/aromatic N) is 1. The number of hydrogen-bond acceptors (Lipinski definition) is 3. The summed E-state index contributed by atoms with van der Waals surface area (Å²) < 4.78 is 5.34. The van der Waals surface area contributed by atoms with Crippen LogP contribution < -0.4 is 10.6 Å². The maximum atomic E-state index is 11.5. The van der Waals surface area contributed by atoms with Crippen molar-refractivity contribution in [1.82, 2.24) is 9.69 Å². The van der Waals surface area contributed by atoms with Gasteiger partial charge in [-0.3, -0.25) is 5.32 Å². The van der Waals surface area contributed by atoms with Gasteiger partial charge in [-0.05, 0) is 37.0 Å². The van der Waals surface area contributed by atoms with E-state index >= 15 is 0 Å². The third-order valence-corrected chi connectivity index (χ3v) is 3.22. The van der Waals surface area contributed by atoms with Gasteiger partial charge in [0, 0.05) is 11.9 Å². The fraction of sp³-hybridized carbons (Fsp3) is 0.333. The minimum atomic E-state index is -0.194. The van der Waals surface area contributed by atoms with Gasteiger partial charge < -0.3 is 5.32 Å². The largest absolute Gasteiger partial charge is 0.338 e. The lowest BCUT2D eigenvalue weighted by Crippen LogP contribution is -2.29. The predicted octanol–water partition coefficient (Wildman–Crippen LogP) is 3.14. The molecule has 0 radical (unpaired) electrons. The number of benzene rings is 1. The first kappa shape index (κ1) is 11.9. The number of carbonyl (C=O) groups excluding carboxylic acids is 1. The Labute approximate surface area is 104 Å². The Balaban J connectivity index is 2.18. The van der Waals surface area contributed by atoms with Gasteiger partial charge in [0.15, 0.2) is 5.82 Å². The normalized spacial score (nSPS) is 10.5. The van der Waals surface area contributed by atoms with Crippen LogP contribution in [0.1, 0.15) is 18.9 Å². The third kappa shape index (κ3) is 2.74. The smallest absolute Gasteiger partial charge is 0.320 e. The lowest BCUT2D eigenvalue weighted by molar-refractivity contribution is 0.252. The molecule has 17 heavy (non-hydrogen) atoms. The van der Waals surface area contributed by atoms with Crippen LogP contribution in [0.4, 0.5) is 10.6 Å². The monoisotopic (exact) mass is 249 g/mol. The Kier molecular flexibility index (Phi) is 3.58. The number of fused-ring (bicyclic) bond motifs is 1. The molecule has 0 aliphatic carbocycles. The van der Waals surface area contributed by atoms with Crippen LogP contribution in [0.25, 0.3) is 10.1 Å². The van der Waals surface area contributed by atoms with Crippen molar-refractivity contribution < 1.29 is 4.79 Å². The van der Waals surface area contributed by atoms with Crippen molar-refractivity contribution in [3.05, 3.63) is 23.8 Å². The van der Waals surface area contributed by atoms with E-state index in [0.29, 0.717) is 12.4 Å². The van der Waals surface area contributed by atoms with Gasteiger partial charge in [0.05, 0.1) is 4.70 Å². The number of carbonyl (C=O) groups is 1. The van der Waals surface area contributed by atoms with Gasteiger partial charge >= 0.3 is 6.03 Å². The van der Waals surface area contributed by atoms with E-state index in [4.69, 9.17) is 0 Å². The second-order valence-corrected chi connectivity index (χ2v) is 4.72. The average Bonchev–Trinajstić information content (AvgIpc) is 2.69. The minimum absolute atomic E-state index is 0.194. The summed E-state index contributed by atoms with van der Waals surface area (Å²) in [6, 6.07) is 5.91. The molecule has 0 fully saturated rings. The molecule has 0 spiro atoms. The molecule has 0 saturated heterocycles. The maximum absolute atomic E-state index is 11.5. The third-order valence-electron chi connectivity index (χ3n) is 2.39. The molecule has 0 atom stereocenters. The highest BCUT2D eigenvalue weighted by Gasteiger charge is 2.08. The van der Waals surface area contributed by atoms with E-state index in [1.807, 2.05) is 32.0 Å². The van der Waals surface area contributed by atoms with Crippen LogP contribution in [0.15, 0.2) is 18.2 Å². The Morgan fingerprint density at radius 3 is 3.06 bits per heavy atom. The second-order valence-electron chi connectivity index (χ2n) is 3.91. The highest BCUT2D eigenvalue weighted by Crippen LogP contribution is 2.27. The molecule has 2 N–H and O–H groups in total. The van der Waals surface area contributed by atoms with Crippen molar-refractivity contribution in [1.29, 1.82) is 0 Å². The first-order chi connectivity index (χ1) is 8.20. The molecule has 0 aliphatic rings. The van der Waals surface area contributed by atoms with E-state index in [0.717, 1.165) is 22.1 Å². The van der Waals surface area contributed by atoms with Crippen molar-refractivity contribution in [3.8, 4) is 0 Å². The van der Waals surface area contributed by atoms with E-state index in [1.165, 1.54) is 11.5 Å². The van der Waals surface area contributed by atoms with Gasteiger partial charge in [0.25, 0.3) is 0 Å². The average molecular weight is 249 g/mol. The number of amides is 2. The van der Waals surface area contributed by atoms with Gasteiger partial charge in [0.1, 0.15) is 0 Å². The van der Waals surface area contributed by atoms with E-state index in [1.54, 1.807) is 0 Å². The van der Waals surface area contributed by atoms with Crippen LogP contribution >= 0.6 is 11.5 Å². The van der Waals surface area contributed by atoms with E-state index in [-0.39, 0.29) is 6.03 Å². The van der Waals surface area contributed by atoms with E-state index in [9.17, 15) is 4.79 Å². The number of urea groups is 1. The van der Waals surface area contributed by atoms with E-state index in [2.05, 4.69) is 15.0 Å². The highest BCUT2D eigenvalue weighted by atomic mass is 32.1. The second kappa shape index (κ2) is 5.14. The molecule has 1 heterocycles. The summed E-state index contributed by atoms with van der Waals surface area (Å²) in [7, 11) is 0. The number of anilines is 1. The maximum Gasteiger partial charge on any atom is 0.320 e. The topological polar surface area (TPSA) is 54.0 Å². The minimum Gasteiger partial charge on any atom is -0.338 e. The van der Waals surface area contributed by atoms with Gasteiger partial charge in [-0.25, -0.2) is 4.79 Å². The SMILES string of the molecule is CCCNC(=O)Nc1nsc2ccc(C)cc12. The summed E-state index contributed by atoms with van der Waals surface area (Å²) in [6.45, 7) is 4.72. The Hall–Kier alpha value is -1.62. The predicted molar refractivity (Wildman–Crippen MR) is 71.7 cm³/mol. The van der Waals surface area contributed by atoms with Crippen LogP contribution in [0, 0.1) is 6.92 Å². The molecule has 1 aromatic carbocycles. The van der Waals surface area contributed by atoms with Crippen LogP contribution in [-0.4, -0.2) is 16.9 Å². The molecule has 5 heteroatoms. The quantitative estimate of drug-likeness (QED) is 0.878. The number of nitrogens with one attached hydrogen (secondary N) is 2. The van der Waals surface area contributed by atoms with Crippen molar-refractivity contribution >= 4 is 33.5 Å². The molecule has 4 nitrogen and oxygen atoms in total. The molecular weight excluding hydrogens is 234 g/mol. The van der Waals surface area contributed by atoms with Crippen LogP contribution in [0.5, 0.6) is 0 Å². The summed E-state index contributed by atoms with van der Waals surface area (Å²) in [4.78, 5) is 11.5. The fourth-order valence-corrected chi connectivity index (χ4v) is 2.25. The zero-order valence-corrected chi connectivity index (χ0v) is 10.7. The molecule has 0 bridgehead atoms. The number of rotatable bonds is 3. The Bertz CT molecular complexity index is 536. The lowest BCUT2D eigenvalue weighted by atomic mass is 10.2. The van der Waals surface area contributed by atoms with Gasteiger partial charge in [0.2, 0.25) is 0 Å². The Morgan fingerprint density at radius 1 is 1.47 bits per heavy atom. The first-order valence-electron chi connectivity index (χ1n) is 5.61. The van der Waals surface area contributed by atoms with E-state index < -0.39 is 0 Å². The molecule has 0 saturated carbocycles. The zero-order valence-electron chi connectivity index (χ0n) is 9.91. The van der Waals surface area contributed by atoms with Gasteiger partial charge in [-0.2, -0.15) is 4.37 Å². The lowest BCUT2D eigenvalue weighted by Gasteiger charge is -2.04. The molecular formula is C12H15N3OS. The molecule has 90 valence electrons. The highest BCUT2D eigenvalue weighted by molar-refractivity contribution is 7.13. The molecule has 2 amide bonds. The fourth-order valence-electron chi connectivity index (χ4n) is 1.53. The molecule has 2 rings (SSSR count). The van der Waals surface area contributed by atoms with Crippen LogP contribution in [-0.2, 0) is 0 Å². The summed E-state index contributed by atoms with van der Waals surface area (Å²) in [5.74, 6) is 0.641. The molecule has 0 aliphatic heterocycles. The van der Waals surface area contributed by atoms with Gasteiger partial charge in [-0.15, -0.1) is 0 Å². The number of aryl methyl sites for hydroxylation is 1. The van der Waals surface area contributed by atoms with Crippen molar-refractivity contribution in [2.75, 3.05) is 11.9 Å². The standard InChI is InChI=1S/C12H15N3OS/c1-3-6-13-12(16)14-11-9-7-8(2)4-5-10(9)17-15-11/h4-5,7H,3,6H2,1-2H3,(H2,13,14,15,16). The summed E-state index contributed by atoms with van der Waals surface area (Å²) in [6.07, 6.45) is 0.921. The van der Waals surface area contributed by atoms with Crippen molar-refractivity contribution in [2.45, 2.75) is 20.3 Å². The van der Waals surface area contributed by atoms with Crippen molar-refractivity contribution in [3.63, 3.8) is 0 Å². The zero-order chi connectivity index (χ0) is 12.3. The van der Waals surface area contributed by atoms with Gasteiger partial charge in [-0.1, -0.05) is 18.6 Å². The molecule has 2 aromatic rings.